The van der Waals surface area contributed by atoms with Crippen molar-refractivity contribution in [2.45, 2.75) is 6.42 Å². The molecule has 0 unspecified atom stereocenters. The Morgan fingerprint density at radius 2 is 2.06 bits per heavy atom. The van der Waals surface area contributed by atoms with Crippen molar-refractivity contribution in [2.75, 3.05) is 19.3 Å². The van der Waals surface area contributed by atoms with E-state index >= 15 is 0 Å². The zero-order valence-corrected chi connectivity index (χ0v) is 9.81. The number of thiol groups is 1. The van der Waals surface area contributed by atoms with Gasteiger partial charge in [0.1, 0.15) is 0 Å². The summed E-state index contributed by atoms with van der Waals surface area (Å²) in [5.74, 6) is -1.66. The standard InChI is InChI=1S/C11H13F2NOS/c1-14(11(15)7-16)5-4-8-2-3-9(12)10(13)6-8/h2-3,6,16H,4-5,7H2,1H3. The number of hydrogen-bond acceptors (Lipinski definition) is 2. The Kier molecular flexibility index (Phi) is 4.73. The fourth-order valence-electron chi connectivity index (χ4n) is 1.24. The largest absolute Gasteiger partial charge is 0.345 e. The predicted octanol–water partition coefficient (Wildman–Crippen LogP) is 1.90. The summed E-state index contributed by atoms with van der Waals surface area (Å²) in [6.07, 6.45) is 0.493. The highest BCUT2D eigenvalue weighted by atomic mass is 32.1. The van der Waals surface area contributed by atoms with Gasteiger partial charge in [-0.2, -0.15) is 12.6 Å². The lowest BCUT2D eigenvalue weighted by molar-refractivity contribution is -0.127. The highest BCUT2D eigenvalue weighted by Crippen LogP contribution is 2.09. The summed E-state index contributed by atoms with van der Waals surface area (Å²) in [5, 5.41) is 0. The van der Waals surface area contributed by atoms with Crippen molar-refractivity contribution >= 4 is 18.5 Å². The van der Waals surface area contributed by atoms with Crippen molar-refractivity contribution in [3.63, 3.8) is 0 Å². The molecule has 1 aromatic carbocycles. The van der Waals surface area contributed by atoms with E-state index in [1.807, 2.05) is 0 Å². The summed E-state index contributed by atoms with van der Waals surface area (Å²) in [7, 11) is 1.65. The molecule has 0 aliphatic carbocycles. The van der Waals surface area contributed by atoms with Gasteiger partial charge in [-0.05, 0) is 24.1 Å². The molecule has 0 bridgehead atoms. The third-order valence-corrected chi connectivity index (χ3v) is 2.55. The lowest BCUT2D eigenvalue weighted by Crippen LogP contribution is -2.29. The molecule has 0 aliphatic heterocycles. The van der Waals surface area contributed by atoms with Crippen LogP contribution < -0.4 is 0 Å². The Morgan fingerprint density at radius 1 is 1.38 bits per heavy atom. The molecule has 0 radical (unpaired) electrons. The SMILES string of the molecule is CN(CCc1ccc(F)c(F)c1)C(=O)CS. The number of amides is 1. The number of likely N-dealkylation sites (N-methyl/N-ethyl adjacent to an activating group) is 1. The van der Waals surface area contributed by atoms with E-state index in [9.17, 15) is 13.6 Å². The molecular weight excluding hydrogens is 232 g/mol. The van der Waals surface area contributed by atoms with E-state index in [1.54, 1.807) is 7.05 Å². The van der Waals surface area contributed by atoms with Crippen LogP contribution in [0.2, 0.25) is 0 Å². The van der Waals surface area contributed by atoms with Crippen LogP contribution in [0.5, 0.6) is 0 Å². The monoisotopic (exact) mass is 245 g/mol. The Labute approximate surface area is 98.7 Å². The molecule has 0 fully saturated rings. The summed E-state index contributed by atoms with van der Waals surface area (Å²) < 4.78 is 25.5. The fraction of sp³-hybridized carbons (Fsp3) is 0.364. The third kappa shape index (κ3) is 3.48. The maximum atomic E-state index is 12.9. The van der Waals surface area contributed by atoms with Crippen molar-refractivity contribution in [1.82, 2.24) is 4.90 Å². The lowest BCUT2D eigenvalue weighted by Gasteiger charge is -2.15. The molecule has 0 atom stereocenters. The van der Waals surface area contributed by atoms with Gasteiger partial charge in [0.25, 0.3) is 0 Å². The molecule has 16 heavy (non-hydrogen) atoms. The van der Waals surface area contributed by atoms with E-state index in [-0.39, 0.29) is 11.7 Å². The Bertz CT molecular complexity index is 384. The van der Waals surface area contributed by atoms with Gasteiger partial charge in [0.15, 0.2) is 11.6 Å². The smallest absolute Gasteiger partial charge is 0.232 e. The average Bonchev–Trinajstić information content (AvgIpc) is 2.29. The highest BCUT2D eigenvalue weighted by molar-refractivity contribution is 7.81. The van der Waals surface area contributed by atoms with E-state index in [0.717, 1.165) is 12.1 Å². The topological polar surface area (TPSA) is 20.3 Å². The van der Waals surface area contributed by atoms with Gasteiger partial charge in [-0.15, -0.1) is 0 Å². The maximum absolute atomic E-state index is 12.9. The van der Waals surface area contributed by atoms with E-state index in [4.69, 9.17) is 0 Å². The van der Waals surface area contributed by atoms with Gasteiger partial charge in [-0.25, -0.2) is 8.78 Å². The molecule has 5 heteroatoms. The number of benzene rings is 1. The normalized spacial score (nSPS) is 10.2. The predicted molar refractivity (Wildman–Crippen MR) is 61.6 cm³/mol. The molecule has 0 saturated carbocycles. The molecule has 1 rings (SSSR count). The first-order valence-electron chi connectivity index (χ1n) is 4.83. The van der Waals surface area contributed by atoms with Gasteiger partial charge < -0.3 is 4.90 Å². The summed E-state index contributed by atoms with van der Waals surface area (Å²) in [4.78, 5) is 12.7. The first-order valence-corrected chi connectivity index (χ1v) is 5.46. The zero-order chi connectivity index (χ0) is 12.1. The number of rotatable bonds is 4. The van der Waals surface area contributed by atoms with Gasteiger partial charge in [0, 0.05) is 13.6 Å². The van der Waals surface area contributed by atoms with Gasteiger partial charge >= 0.3 is 0 Å². The molecule has 88 valence electrons. The molecule has 0 spiro atoms. The van der Waals surface area contributed by atoms with E-state index < -0.39 is 11.6 Å². The van der Waals surface area contributed by atoms with E-state index in [1.165, 1.54) is 11.0 Å². The minimum absolute atomic E-state index is 0.0917. The van der Waals surface area contributed by atoms with Crippen molar-refractivity contribution < 1.29 is 13.6 Å². The summed E-state index contributed by atoms with van der Waals surface area (Å²) >= 11 is 3.86. The first kappa shape index (κ1) is 13.0. The minimum atomic E-state index is -0.860. The molecule has 2 nitrogen and oxygen atoms in total. The van der Waals surface area contributed by atoms with Crippen LogP contribution in [-0.2, 0) is 11.2 Å². The number of halogens is 2. The zero-order valence-electron chi connectivity index (χ0n) is 8.91. The molecule has 0 aromatic heterocycles. The van der Waals surface area contributed by atoms with Gasteiger partial charge in [0.05, 0.1) is 5.75 Å². The maximum Gasteiger partial charge on any atom is 0.232 e. The van der Waals surface area contributed by atoms with Gasteiger partial charge in [0.2, 0.25) is 5.91 Å². The number of carbonyl (C=O) groups excluding carboxylic acids is 1. The van der Waals surface area contributed by atoms with E-state index in [2.05, 4.69) is 12.6 Å². The van der Waals surface area contributed by atoms with Gasteiger partial charge in [-0.3, -0.25) is 4.79 Å². The quantitative estimate of drug-likeness (QED) is 0.803. The van der Waals surface area contributed by atoms with E-state index in [0.29, 0.717) is 18.5 Å². The van der Waals surface area contributed by atoms with Crippen LogP contribution in [0.1, 0.15) is 5.56 Å². The summed E-state index contributed by atoms with van der Waals surface area (Å²) in [5.41, 5.74) is 0.665. The first-order chi connectivity index (χ1) is 7.54. The van der Waals surface area contributed by atoms with Crippen LogP contribution in [-0.4, -0.2) is 30.2 Å². The Hall–Kier alpha value is -1.10. The second-order valence-corrected chi connectivity index (χ2v) is 3.79. The molecule has 0 N–H and O–H groups in total. The Morgan fingerprint density at radius 3 is 2.62 bits per heavy atom. The average molecular weight is 245 g/mol. The van der Waals surface area contributed by atoms with Crippen LogP contribution in [0, 0.1) is 11.6 Å². The lowest BCUT2D eigenvalue weighted by atomic mass is 10.1. The number of nitrogens with zero attached hydrogens (tertiary/aromatic N) is 1. The molecular formula is C11H13F2NOS. The summed E-state index contributed by atoms with van der Waals surface area (Å²) in [6, 6.07) is 3.75. The number of carbonyl (C=O) groups is 1. The van der Waals surface area contributed by atoms with Crippen LogP contribution >= 0.6 is 12.6 Å². The number of hydrogen-bond donors (Lipinski definition) is 1. The third-order valence-electron chi connectivity index (χ3n) is 2.28. The Balaban J connectivity index is 2.55. The molecule has 1 amide bonds. The van der Waals surface area contributed by atoms with Crippen LogP contribution in [0.15, 0.2) is 18.2 Å². The van der Waals surface area contributed by atoms with Crippen molar-refractivity contribution in [2.24, 2.45) is 0 Å². The van der Waals surface area contributed by atoms with Crippen molar-refractivity contribution in [3.05, 3.63) is 35.4 Å². The molecule has 0 heterocycles. The van der Waals surface area contributed by atoms with Gasteiger partial charge in [-0.1, -0.05) is 6.07 Å². The van der Waals surface area contributed by atoms with Crippen molar-refractivity contribution in [1.29, 1.82) is 0 Å². The van der Waals surface area contributed by atoms with Crippen LogP contribution in [0.25, 0.3) is 0 Å². The molecule has 0 aliphatic rings. The minimum Gasteiger partial charge on any atom is -0.345 e. The molecule has 0 saturated heterocycles. The second-order valence-electron chi connectivity index (χ2n) is 3.47. The van der Waals surface area contributed by atoms with Crippen LogP contribution in [0.3, 0.4) is 0 Å². The van der Waals surface area contributed by atoms with Crippen molar-refractivity contribution in [3.8, 4) is 0 Å². The summed E-state index contributed by atoms with van der Waals surface area (Å²) in [6.45, 7) is 0.463. The van der Waals surface area contributed by atoms with Crippen LogP contribution in [0.4, 0.5) is 8.78 Å². The second kappa shape index (κ2) is 5.84. The fourth-order valence-corrected chi connectivity index (χ4v) is 1.48. The highest BCUT2D eigenvalue weighted by Gasteiger charge is 2.07. The molecule has 1 aromatic rings.